The molecule has 3 rings (SSSR count). The topological polar surface area (TPSA) is 69.6 Å². The van der Waals surface area contributed by atoms with Crippen molar-refractivity contribution in [1.29, 1.82) is 0 Å². The van der Waals surface area contributed by atoms with E-state index in [0.717, 1.165) is 49.3 Å². The lowest BCUT2D eigenvalue weighted by molar-refractivity contribution is 0.312. The number of piperazine rings is 1. The Morgan fingerprint density at radius 1 is 1.07 bits per heavy atom. The minimum atomic E-state index is 0. The van der Waals surface area contributed by atoms with Crippen molar-refractivity contribution in [2.75, 3.05) is 58.4 Å². The summed E-state index contributed by atoms with van der Waals surface area (Å²) in [6.07, 6.45) is 0. The first-order chi connectivity index (χ1) is 13.7. The number of aliphatic imine (C=N–C) groups is 1. The fourth-order valence-electron chi connectivity index (χ4n) is 3.25. The van der Waals surface area contributed by atoms with Crippen LogP contribution < -0.4 is 19.7 Å². The van der Waals surface area contributed by atoms with Gasteiger partial charge in [0.05, 0.1) is 19.3 Å². The molecule has 2 aromatic rings. The zero-order valence-corrected chi connectivity index (χ0v) is 19.2. The Hall–Kier alpha value is -2.36. The van der Waals surface area contributed by atoms with E-state index >= 15 is 0 Å². The predicted molar refractivity (Wildman–Crippen MR) is 127 cm³/mol. The molecule has 8 heteroatoms. The van der Waals surface area contributed by atoms with Gasteiger partial charge in [0.2, 0.25) is 0 Å². The largest absolute Gasteiger partial charge is 0.506 e. The Kier molecular flexibility index (Phi) is 9.17. The molecule has 0 saturated carbocycles. The van der Waals surface area contributed by atoms with E-state index < -0.39 is 0 Å². The lowest BCUT2D eigenvalue weighted by Gasteiger charge is -2.37. The van der Waals surface area contributed by atoms with Gasteiger partial charge in [0, 0.05) is 39.3 Å². The summed E-state index contributed by atoms with van der Waals surface area (Å²) in [7, 11) is 3.43. The Morgan fingerprint density at radius 2 is 1.79 bits per heavy atom. The quantitative estimate of drug-likeness (QED) is 0.269. The molecule has 158 valence electrons. The van der Waals surface area contributed by atoms with Gasteiger partial charge in [-0.25, -0.2) is 0 Å². The van der Waals surface area contributed by atoms with Crippen LogP contribution in [0.3, 0.4) is 0 Å². The number of nitrogens with one attached hydrogen (secondary N) is 1. The van der Waals surface area contributed by atoms with Gasteiger partial charge in [0.1, 0.15) is 23.9 Å². The number of phenolic OH excluding ortho intramolecular Hbond substituents is 1. The number of phenols is 1. The minimum Gasteiger partial charge on any atom is -0.506 e. The van der Waals surface area contributed by atoms with Gasteiger partial charge in [-0.3, -0.25) is 4.99 Å². The predicted octanol–water partition coefficient (Wildman–Crippen LogP) is 2.80. The summed E-state index contributed by atoms with van der Waals surface area (Å²) < 4.78 is 11.0. The maximum Gasteiger partial charge on any atom is 0.193 e. The monoisotopic (exact) mass is 512 g/mol. The molecule has 1 saturated heterocycles. The van der Waals surface area contributed by atoms with Gasteiger partial charge >= 0.3 is 0 Å². The number of halogens is 1. The normalized spacial score (nSPS) is 14.2. The number of anilines is 1. The zero-order valence-electron chi connectivity index (χ0n) is 16.9. The molecule has 0 atom stereocenters. The van der Waals surface area contributed by atoms with Gasteiger partial charge in [-0.15, -0.1) is 24.0 Å². The Labute approximate surface area is 189 Å². The molecule has 1 aliphatic rings. The molecule has 0 aromatic heterocycles. The average Bonchev–Trinajstić information content (AvgIpc) is 2.75. The van der Waals surface area contributed by atoms with Gasteiger partial charge in [0.15, 0.2) is 5.96 Å². The maximum atomic E-state index is 10.0. The first-order valence-corrected chi connectivity index (χ1v) is 9.46. The second kappa shape index (κ2) is 11.6. The highest BCUT2D eigenvalue weighted by Crippen LogP contribution is 2.27. The number of hydrogen-bond donors (Lipinski definition) is 2. The molecular weight excluding hydrogens is 483 g/mol. The molecule has 0 unspecified atom stereocenters. The second-order valence-corrected chi connectivity index (χ2v) is 6.46. The van der Waals surface area contributed by atoms with Gasteiger partial charge < -0.3 is 29.7 Å². The summed E-state index contributed by atoms with van der Waals surface area (Å²) in [4.78, 5) is 8.81. The molecule has 0 radical (unpaired) electrons. The zero-order chi connectivity index (χ0) is 19.8. The highest BCUT2D eigenvalue weighted by molar-refractivity contribution is 14.0. The van der Waals surface area contributed by atoms with Crippen LogP contribution in [0, 0.1) is 0 Å². The van der Waals surface area contributed by atoms with Crippen molar-refractivity contribution in [3.05, 3.63) is 48.5 Å². The van der Waals surface area contributed by atoms with Crippen LogP contribution in [0.1, 0.15) is 0 Å². The Bertz CT molecular complexity index is 795. The van der Waals surface area contributed by atoms with Crippen LogP contribution in [0.15, 0.2) is 53.5 Å². The van der Waals surface area contributed by atoms with E-state index in [1.807, 2.05) is 42.5 Å². The van der Waals surface area contributed by atoms with Crippen molar-refractivity contribution in [2.24, 2.45) is 4.99 Å². The van der Waals surface area contributed by atoms with E-state index in [4.69, 9.17) is 9.47 Å². The van der Waals surface area contributed by atoms with Crippen LogP contribution in [0.25, 0.3) is 0 Å². The molecule has 2 N–H and O–H groups in total. The molecule has 0 spiro atoms. The smallest absolute Gasteiger partial charge is 0.193 e. The Balaban J connectivity index is 0.00000300. The number of methoxy groups -OCH3 is 1. The lowest BCUT2D eigenvalue weighted by atomic mass is 10.2. The number of benzene rings is 2. The van der Waals surface area contributed by atoms with Crippen LogP contribution in [-0.4, -0.2) is 69.5 Å². The average molecular weight is 512 g/mol. The van der Waals surface area contributed by atoms with Crippen LogP contribution in [-0.2, 0) is 0 Å². The van der Waals surface area contributed by atoms with Crippen molar-refractivity contribution in [3.8, 4) is 17.2 Å². The lowest BCUT2D eigenvalue weighted by Crippen LogP contribution is -2.53. The SMILES string of the molecule is CN=C(NCCOc1cccc(OC)c1)N1CCN(c2ccccc2O)CC1.I. The van der Waals surface area contributed by atoms with E-state index in [1.165, 1.54) is 0 Å². The van der Waals surface area contributed by atoms with E-state index in [0.29, 0.717) is 18.9 Å². The fourth-order valence-corrected chi connectivity index (χ4v) is 3.25. The van der Waals surface area contributed by atoms with Crippen molar-refractivity contribution in [2.45, 2.75) is 0 Å². The number of aromatic hydroxyl groups is 1. The van der Waals surface area contributed by atoms with E-state index in [-0.39, 0.29) is 24.0 Å². The Morgan fingerprint density at radius 3 is 2.48 bits per heavy atom. The molecule has 7 nitrogen and oxygen atoms in total. The minimum absolute atomic E-state index is 0. The van der Waals surface area contributed by atoms with Crippen molar-refractivity contribution < 1.29 is 14.6 Å². The third-order valence-corrected chi connectivity index (χ3v) is 4.71. The van der Waals surface area contributed by atoms with Crippen LogP contribution in [0.2, 0.25) is 0 Å². The number of nitrogens with zero attached hydrogens (tertiary/aromatic N) is 3. The van der Waals surface area contributed by atoms with Gasteiger partial charge in [-0.2, -0.15) is 0 Å². The fraction of sp³-hybridized carbons (Fsp3) is 0.381. The summed E-state index contributed by atoms with van der Waals surface area (Å²) in [6.45, 7) is 4.53. The number of para-hydroxylation sites is 2. The molecule has 1 heterocycles. The third kappa shape index (κ3) is 6.31. The standard InChI is InChI=1S/C21H28N4O3.HI/c1-22-21(23-10-15-28-18-7-5-6-17(16-18)27-2)25-13-11-24(12-14-25)19-8-3-4-9-20(19)26;/h3-9,16,26H,10-15H2,1-2H3,(H,22,23);1H. The van der Waals surface area contributed by atoms with Crippen LogP contribution in [0.5, 0.6) is 17.2 Å². The number of guanidine groups is 1. The first kappa shape index (κ1) is 22.9. The number of ether oxygens (including phenoxy) is 2. The van der Waals surface area contributed by atoms with E-state index in [9.17, 15) is 5.11 Å². The summed E-state index contributed by atoms with van der Waals surface area (Å²) in [5.41, 5.74) is 0.886. The van der Waals surface area contributed by atoms with Crippen LogP contribution >= 0.6 is 24.0 Å². The van der Waals surface area contributed by atoms with Crippen LogP contribution in [0.4, 0.5) is 5.69 Å². The molecule has 1 fully saturated rings. The molecular formula is C21H29IN4O3. The maximum absolute atomic E-state index is 10.0. The third-order valence-electron chi connectivity index (χ3n) is 4.71. The summed E-state index contributed by atoms with van der Waals surface area (Å²) in [5, 5.41) is 13.4. The number of hydrogen-bond acceptors (Lipinski definition) is 5. The van der Waals surface area contributed by atoms with Gasteiger partial charge in [-0.1, -0.05) is 18.2 Å². The second-order valence-electron chi connectivity index (χ2n) is 6.46. The molecule has 2 aromatic carbocycles. The van der Waals surface area contributed by atoms with Crippen molar-refractivity contribution in [3.63, 3.8) is 0 Å². The molecule has 0 amide bonds. The first-order valence-electron chi connectivity index (χ1n) is 9.46. The molecule has 29 heavy (non-hydrogen) atoms. The van der Waals surface area contributed by atoms with Gasteiger partial charge in [-0.05, 0) is 24.3 Å². The molecule has 1 aliphatic heterocycles. The van der Waals surface area contributed by atoms with E-state index in [1.54, 1.807) is 20.2 Å². The number of rotatable bonds is 6. The van der Waals surface area contributed by atoms with E-state index in [2.05, 4.69) is 20.1 Å². The van der Waals surface area contributed by atoms with Crippen molar-refractivity contribution >= 4 is 35.6 Å². The highest BCUT2D eigenvalue weighted by atomic mass is 127. The molecule has 0 aliphatic carbocycles. The summed E-state index contributed by atoms with van der Waals surface area (Å²) in [5.74, 6) is 2.76. The highest BCUT2D eigenvalue weighted by Gasteiger charge is 2.21. The van der Waals surface area contributed by atoms with Crippen molar-refractivity contribution in [1.82, 2.24) is 10.2 Å². The van der Waals surface area contributed by atoms with Gasteiger partial charge in [0.25, 0.3) is 0 Å². The summed E-state index contributed by atoms with van der Waals surface area (Å²) >= 11 is 0. The molecule has 0 bridgehead atoms. The summed E-state index contributed by atoms with van der Waals surface area (Å²) in [6, 6.07) is 15.0.